The summed E-state index contributed by atoms with van der Waals surface area (Å²) in [6.07, 6.45) is 1.71. The van der Waals surface area contributed by atoms with Gasteiger partial charge < -0.3 is 10.4 Å². The van der Waals surface area contributed by atoms with Crippen molar-refractivity contribution in [2.75, 3.05) is 5.73 Å². The van der Waals surface area contributed by atoms with Crippen LogP contribution >= 0.6 is 0 Å². The van der Waals surface area contributed by atoms with Crippen molar-refractivity contribution in [2.45, 2.75) is 40.2 Å². The maximum Gasteiger partial charge on any atom is 0.329 e. The molecule has 0 aliphatic heterocycles. The van der Waals surface area contributed by atoms with Gasteiger partial charge >= 0.3 is 7.48 Å². The number of pyridine rings is 1. The standard InChI is InChI=1S/C12H19BN2O.U/c1-8(2)12(4,5)16-13-10-6-9(3)11(14)15-7-10;/h6-7H,1-5H3,(H2,14,15);/q-1;. The van der Waals surface area contributed by atoms with E-state index in [0.29, 0.717) is 5.82 Å². The van der Waals surface area contributed by atoms with Crippen molar-refractivity contribution < 1.29 is 35.8 Å². The zero-order valence-corrected chi connectivity index (χ0v) is 15.3. The molecule has 17 heavy (non-hydrogen) atoms. The number of hydrogen-bond donors (Lipinski definition) is 1. The number of rotatable bonds is 4. The van der Waals surface area contributed by atoms with E-state index in [0.717, 1.165) is 11.0 Å². The summed E-state index contributed by atoms with van der Waals surface area (Å²) < 4.78 is 5.73. The van der Waals surface area contributed by atoms with E-state index in [1.54, 1.807) is 13.7 Å². The Labute approximate surface area is 129 Å². The minimum atomic E-state index is -0.255. The van der Waals surface area contributed by atoms with Crippen LogP contribution in [0.4, 0.5) is 5.82 Å². The fourth-order valence-electron chi connectivity index (χ4n) is 1.00. The van der Waals surface area contributed by atoms with Gasteiger partial charge in [-0.1, -0.05) is 25.5 Å². The summed E-state index contributed by atoms with van der Waals surface area (Å²) in [4.78, 5) is 4.08. The summed E-state index contributed by atoms with van der Waals surface area (Å²) in [6, 6.07) is 1.96. The number of anilines is 1. The van der Waals surface area contributed by atoms with Gasteiger partial charge in [-0.25, -0.2) is 4.98 Å². The first-order valence-corrected chi connectivity index (χ1v) is 5.37. The summed E-state index contributed by atoms with van der Waals surface area (Å²) >= 11 is 0. The Morgan fingerprint density at radius 3 is 2.47 bits per heavy atom. The Bertz CT molecular complexity index is 370. The van der Waals surface area contributed by atoms with Crippen LogP contribution in [0, 0.1) is 44.0 Å². The Morgan fingerprint density at radius 1 is 1.41 bits per heavy atom. The second-order valence-electron chi connectivity index (χ2n) is 4.72. The Morgan fingerprint density at radius 2 is 2.00 bits per heavy atom. The first-order chi connectivity index (χ1) is 7.33. The van der Waals surface area contributed by atoms with E-state index in [1.807, 2.05) is 26.8 Å². The maximum atomic E-state index is 5.73. The second-order valence-corrected chi connectivity index (χ2v) is 4.72. The van der Waals surface area contributed by atoms with Gasteiger partial charge in [0.05, 0.1) is 0 Å². The monoisotopic (exact) mass is 456 g/mol. The fourth-order valence-corrected chi connectivity index (χ4v) is 1.00. The van der Waals surface area contributed by atoms with Crippen LogP contribution in [0.1, 0.15) is 33.3 Å². The Hall–Kier alpha value is 0.0269. The molecule has 0 unspecified atom stereocenters. The van der Waals surface area contributed by atoms with Crippen LogP contribution in [-0.2, 0) is 4.65 Å². The number of aromatic nitrogens is 1. The zero-order valence-electron chi connectivity index (χ0n) is 11.2. The summed E-state index contributed by atoms with van der Waals surface area (Å²) in [5, 5.41) is 0. The molecule has 5 heteroatoms. The number of nitrogens with two attached hydrogens (primary N) is 1. The van der Waals surface area contributed by atoms with Crippen molar-refractivity contribution in [1.29, 1.82) is 0 Å². The van der Waals surface area contributed by atoms with Crippen LogP contribution in [0.15, 0.2) is 12.3 Å². The third kappa shape index (κ3) is 5.03. The van der Waals surface area contributed by atoms with Gasteiger partial charge in [-0.3, -0.25) is 5.92 Å². The number of hydrogen-bond acceptors (Lipinski definition) is 3. The molecule has 2 N–H and O–H groups in total. The molecular formula is C12H19BN2OU-. The first kappa shape index (κ1) is 17.0. The van der Waals surface area contributed by atoms with Crippen molar-refractivity contribution in [3.05, 3.63) is 23.7 Å². The van der Waals surface area contributed by atoms with Crippen molar-refractivity contribution in [1.82, 2.24) is 4.98 Å². The molecule has 0 fully saturated rings. The topological polar surface area (TPSA) is 48.1 Å². The van der Waals surface area contributed by atoms with Crippen LogP contribution in [0.3, 0.4) is 0 Å². The molecule has 0 aliphatic carbocycles. The van der Waals surface area contributed by atoms with Gasteiger partial charge in [0.25, 0.3) is 0 Å². The predicted molar refractivity (Wildman–Crippen MR) is 68.5 cm³/mol. The molecule has 1 radical (unpaired) electrons. The molecule has 0 aromatic carbocycles. The molecule has 1 aromatic heterocycles. The van der Waals surface area contributed by atoms with E-state index in [9.17, 15) is 0 Å². The second kappa shape index (κ2) is 6.83. The largest absolute Gasteiger partial charge is 0.460 e. The van der Waals surface area contributed by atoms with Gasteiger partial charge in [0, 0.05) is 37.3 Å². The summed E-state index contributed by atoms with van der Waals surface area (Å²) in [6.45, 7) is 10.1. The number of nitrogen functional groups attached to an aromatic ring is 1. The quantitative estimate of drug-likeness (QED) is 0.554. The molecule has 3 nitrogen and oxygen atoms in total. The molecule has 1 aromatic rings. The van der Waals surface area contributed by atoms with Crippen molar-refractivity contribution in [2.24, 2.45) is 0 Å². The van der Waals surface area contributed by atoms with Gasteiger partial charge in [-0.15, -0.1) is 0 Å². The molecule has 1 rings (SSSR count). The van der Waals surface area contributed by atoms with E-state index < -0.39 is 0 Å². The van der Waals surface area contributed by atoms with Gasteiger partial charge in [0.2, 0.25) is 0 Å². The third-order valence-corrected chi connectivity index (χ3v) is 2.83. The van der Waals surface area contributed by atoms with Gasteiger partial charge in [0.15, 0.2) is 0 Å². The van der Waals surface area contributed by atoms with Gasteiger partial charge in [0.1, 0.15) is 5.82 Å². The summed E-state index contributed by atoms with van der Waals surface area (Å²) in [5.41, 5.74) is 7.29. The minimum absolute atomic E-state index is 0. The number of nitrogens with zero attached hydrogens (tertiary/aromatic N) is 1. The van der Waals surface area contributed by atoms with E-state index in [4.69, 9.17) is 10.4 Å². The van der Waals surface area contributed by atoms with Gasteiger partial charge in [-0.2, -0.15) is 13.8 Å². The van der Waals surface area contributed by atoms with Crippen LogP contribution in [0.5, 0.6) is 0 Å². The Kier molecular flexibility index (Phi) is 6.84. The molecule has 0 saturated heterocycles. The van der Waals surface area contributed by atoms with Crippen molar-refractivity contribution in [3.63, 3.8) is 0 Å². The predicted octanol–water partition coefficient (Wildman–Crippen LogP) is 1.63. The molecule has 91 valence electrons. The molecule has 0 aliphatic rings. The van der Waals surface area contributed by atoms with E-state index in [1.165, 1.54) is 5.92 Å². The molecular weight excluding hydrogens is 437 g/mol. The molecule has 0 saturated carbocycles. The SMILES string of the molecule is Cc1cc([B]OC(C)(C)[C-](C)C)cnc1N.[U]. The molecule has 0 spiro atoms. The van der Waals surface area contributed by atoms with E-state index >= 15 is 0 Å². The average molecular weight is 456 g/mol. The fraction of sp³-hybridized carbons (Fsp3) is 0.500. The summed E-state index contributed by atoms with van der Waals surface area (Å²) in [5.74, 6) is 1.79. The smallest absolute Gasteiger partial charge is 0.329 e. The van der Waals surface area contributed by atoms with Crippen molar-refractivity contribution in [3.8, 4) is 0 Å². The molecule has 0 atom stereocenters. The van der Waals surface area contributed by atoms with Crippen molar-refractivity contribution >= 4 is 18.8 Å². The van der Waals surface area contributed by atoms with Crippen LogP contribution in [0.2, 0.25) is 0 Å². The van der Waals surface area contributed by atoms with Crippen LogP contribution < -0.4 is 11.2 Å². The Balaban J connectivity index is 0.00000256. The normalized spacial score (nSPS) is 11.2. The van der Waals surface area contributed by atoms with E-state index in [-0.39, 0.29) is 36.7 Å². The van der Waals surface area contributed by atoms with Gasteiger partial charge in [-0.05, 0) is 17.9 Å². The first-order valence-electron chi connectivity index (χ1n) is 5.37. The van der Waals surface area contributed by atoms with E-state index in [2.05, 4.69) is 18.8 Å². The molecule has 0 amide bonds. The molecule has 0 bridgehead atoms. The maximum absolute atomic E-state index is 5.73. The van der Waals surface area contributed by atoms with Crippen LogP contribution in [-0.4, -0.2) is 18.1 Å². The zero-order chi connectivity index (χ0) is 12.3. The summed E-state index contributed by atoms with van der Waals surface area (Å²) in [7, 11) is 1.73. The molecule has 1 heterocycles. The average Bonchev–Trinajstić information content (AvgIpc) is 2.20. The minimum Gasteiger partial charge on any atom is -0.460 e. The third-order valence-electron chi connectivity index (χ3n) is 2.83. The van der Waals surface area contributed by atoms with Crippen LogP contribution in [0.25, 0.3) is 0 Å². The number of aryl methyl sites for hydroxylation is 1.